The zero-order valence-electron chi connectivity index (χ0n) is 18.2. The van der Waals surface area contributed by atoms with Gasteiger partial charge in [-0.15, -0.1) is 0 Å². The summed E-state index contributed by atoms with van der Waals surface area (Å²) in [5.74, 6) is -0.146. The Morgan fingerprint density at radius 1 is 0.969 bits per heavy atom. The number of aromatic nitrogens is 1. The third-order valence-corrected chi connectivity index (χ3v) is 5.91. The largest absolute Gasteiger partial charge is 0.463 e. The van der Waals surface area contributed by atoms with E-state index in [4.69, 9.17) is 9.15 Å². The van der Waals surface area contributed by atoms with Crippen LogP contribution >= 0.6 is 0 Å². The molecule has 6 nitrogen and oxygen atoms in total. The van der Waals surface area contributed by atoms with E-state index in [1.165, 1.54) is 11.1 Å². The molecule has 5 rings (SSSR count). The summed E-state index contributed by atoms with van der Waals surface area (Å²) in [6, 6.07) is 20.1. The Bertz CT molecular complexity index is 1220. The van der Waals surface area contributed by atoms with Crippen molar-refractivity contribution in [2.45, 2.75) is 20.0 Å². The number of rotatable bonds is 6. The fourth-order valence-corrected chi connectivity index (χ4v) is 4.17. The minimum absolute atomic E-state index is 0.146. The first-order chi connectivity index (χ1) is 15.7. The number of ether oxygens (including phenoxy) is 1. The van der Waals surface area contributed by atoms with E-state index in [9.17, 15) is 4.79 Å². The van der Waals surface area contributed by atoms with Crippen LogP contribution in [0.4, 0.5) is 5.69 Å². The topological polar surface area (TPSA) is 59.6 Å². The second-order valence-corrected chi connectivity index (χ2v) is 8.31. The van der Waals surface area contributed by atoms with Crippen molar-refractivity contribution in [1.29, 1.82) is 0 Å². The minimum atomic E-state index is -0.146. The third-order valence-electron chi connectivity index (χ3n) is 5.91. The van der Waals surface area contributed by atoms with Crippen LogP contribution in [0.25, 0.3) is 11.1 Å². The van der Waals surface area contributed by atoms with E-state index in [2.05, 4.69) is 47.5 Å². The van der Waals surface area contributed by atoms with Crippen LogP contribution in [0.5, 0.6) is 0 Å². The van der Waals surface area contributed by atoms with Gasteiger partial charge in [-0.3, -0.25) is 9.69 Å². The molecule has 4 aromatic rings. The highest BCUT2D eigenvalue weighted by molar-refractivity contribution is 6.05. The van der Waals surface area contributed by atoms with Crippen molar-refractivity contribution in [2.24, 2.45) is 0 Å². The number of carbonyl (C=O) groups excluding carboxylic acids is 1. The van der Waals surface area contributed by atoms with Crippen molar-refractivity contribution in [1.82, 2.24) is 9.47 Å². The quantitative estimate of drug-likeness (QED) is 0.484. The summed E-state index contributed by atoms with van der Waals surface area (Å²) < 4.78 is 13.0. The van der Waals surface area contributed by atoms with E-state index >= 15 is 0 Å². The molecule has 0 aliphatic carbocycles. The number of hydrogen-bond acceptors (Lipinski definition) is 4. The molecule has 6 heteroatoms. The molecule has 1 amide bonds. The monoisotopic (exact) mass is 429 g/mol. The maximum atomic E-state index is 13.2. The summed E-state index contributed by atoms with van der Waals surface area (Å²) in [6.07, 6.45) is 1.66. The number of hydrogen-bond donors (Lipinski definition) is 1. The summed E-state index contributed by atoms with van der Waals surface area (Å²) in [7, 11) is 0. The highest BCUT2D eigenvalue weighted by Crippen LogP contribution is 2.24. The van der Waals surface area contributed by atoms with E-state index in [0.717, 1.165) is 49.6 Å². The number of furan rings is 1. The molecule has 0 atom stereocenters. The highest BCUT2D eigenvalue weighted by Gasteiger charge is 2.18. The van der Waals surface area contributed by atoms with E-state index in [1.807, 2.05) is 34.9 Å². The maximum absolute atomic E-state index is 13.2. The van der Waals surface area contributed by atoms with Gasteiger partial charge in [0, 0.05) is 44.0 Å². The second kappa shape index (κ2) is 9.02. The smallest absolute Gasteiger partial charge is 0.272 e. The molecule has 0 radical (unpaired) electrons. The lowest BCUT2D eigenvalue weighted by molar-refractivity contribution is 0.0342. The summed E-state index contributed by atoms with van der Waals surface area (Å²) in [5, 5.41) is 3.08. The van der Waals surface area contributed by atoms with Gasteiger partial charge in [-0.05, 0) is 30.2 Å². The van der Waals surface area contributed by atoms with E-state index in [0.29, 0.717) is 17.8 Å². The highest BCUT2D eigenvalue weighted by atomic mass is 16.5. The maximum Gasteiger partial charge on any atom is 0.272 e. The van der Waals surface area contributed by atoms with Gasteiger partial charge in [-0.25, -0.2) is 0 Å². The van der Waals surface area contributed by atoms with Gasteiger partial charge in [0.2, 0.25) is 0 Å². The normalized spacial score (nSPS) is 14.7. The molecule has 32 heavy (non-hydrogen) atoms. The Morgan fingerprint density at radius 3 is 2.59 bits per heavy atom. The molecule has 1 fully saturated rings. The first-order valence-electron chi connectivity index (χ1n) is 11.0. The second-order valence-electron chi connectivity index (χ2n) is 8.31. The average molecular weight is 430 g/mol. The average Bonchev–Trinajstić information content (AvgIpc) is 3.39. The van der Waals surface area contributed by atoms with Gasteiger partial charge in [0.15, 0.2) is 5.58 Å². The van der Waals surface area contributed by atoms with Gasteiger partial charge in [0.25, 0.3) is 5.91 Å². The fourth-order valence-electron chi connectivity index (χ4n) is 4.17. The Hall–Kier alpha value is -3.35. The number of nitrogens with one attached hydrogen (secondary N) is 1. The third kappa shape index (κ3) is 4.47. The lowest BCUT2D eigenvalue weighted by atomic mass is 10.1. The van der Waals surface area contributed by atoms with Crippen molar-refractivity contribution >= 4 is 22.7 Å². The minimum Gasteiger partial charge on any atom is -0.463 e. The number of morpholine rings is 1. The van der Waals surface area contributed by atoms with E-state index < -0.39 is 0 Å². The van der Waals surface area contributed by atoms with Gasteiger partial charge in [-0.2, -0.15) is 0 Å². The van der Waals surface area contributed by atoms with Crippen molar-refractivity contribution in [3.05, 3.63) is 89.3 Å². The number of fused-ring (bicyclic) bond motifs is 1. The lowest BCUT2D eigenvalue weighted by Gasteiger charge is -2.26. The standard InChI is InChI=1S/C26H27N3O3/c1-19-5-7-20(8-6-19)18-29-23-9-12-32-25(23)16-24(29)26(30)27-22-4-2-3-21(15-22)17-28-10-13-31-14-11-28/h2-9,12,15-16H,10-11,13-14,17-18H2,1H3,(H,27,30). The molecular formula is C26H27N3O3. The first-order valence-corrected chi connectivity index (χ1v) is 11.0. The number of anilines is 1. The van der Waals surface area contributed by atoms with Crippen LogP contribution in [0.3, 0.4) is 0 Å². The summed E-state index contributed by atoms with van der Waals surface area (Å²) in [5.41, 5.74) is 6.52. The van der Waals surface area contributed by atoms with Crippen LogP contribution in [0.1, 0.15) is 27.2 Å². The molecule has 0 bridgehead atoms. The molecule has 0 unspecified atom stereocenters. The summed E-state index contributed by atoms with van der Waals surface area (Å²) >= 11 is 0. The molecule has 0 spiro atoms. The molecule has 0 saturated carbocycles. The predicted octanol–water partition coefficient (Wildman–Crippen LogP) is 4.68. The van der Waals surface area contributed by atoms with Crippen LogP contribution in [-0.2, 0) is 17.8 Å². The van der Waals surface area contributed by atoms with E-state index in [1.54, 1.807) is 6.26 Å². The number of carbonyl (C=O) groups is 1. The van der Waals surface area contributed by atoms with Crippen molar-refractivity contribution in [3.8, 4) is 0 Å². The van der Waals surface area contributed by atoms with Gasteiger partial charge in [-0.1, -0.05) is 42.0 Å². The van der Waals surface area contributed by atoms with Crippen molar-refractivity contribution in [3.63, 3.8) is 0 Å². The van der Waals surface area contributed by atoms with Gasteiger partial charge in [0.1, 0.15) is 5.69 Å². The van der Waals surface area contributed by atoms with Gasteiger partial charge < -0.3 is 19.0 Å². The predicted molar refractivity (Wildman–Crippen MR) is 125 cm³/mol. The molecule has 164 valence electrons. The van der Waals surface area contributed by atoms with Crippen LogP contribution in [0.15, 0.2) is 71.3 Å². The molecule has 1 saturated heterocycles. The van der Waals surface area contributed by atoms with Crippen molar-refractivity contribution < 1.29 is 13.9 Å². The van der Waals surface area contributed by atoms with Crippen LogP contribution in [0.2, 0.25) is 0 Å². The van der Waals surface area contributed by atoms with Crippen LogP contribution < -0.4 is 5.32 Å². The van der Waals surface area contributed by atoms with E-state index in [-0.39, 0.29) is 5.91 Å². The number of nitrogens with zero attached hydrogens (tertiary/aromatic N) is 2. The lowest BCUT2D eigenvalue weighted by Crippen LogP contribution is -2.35. The van der Waals surface area contributed by atoms with Gasteiger partial charge >= 0.3 is 0 Å². The molecule has 2 aromatic heterocycles. The first kappa shape index (κ1) is 20.5. The number of aryl methyl sites for hydroxylation is 1. The summed E-state index contributed by atoms with van der Waals surface area (Å²) in [6.45, 7) is 6.93. The Labute approximate surface area is 187 Å². The Balaban J connectivity index is 1.36. The molecule has 3 heterocycles. The molecule has 2 aromatic carbocycles. The molecule has 1 aliphatic heterocycles. The number of benzene rings is 2. The SMILES string of the molecule is Cc1ccc(Cn2c(C(=O)Nc3cccc(CN4CCOCC4)c3)cc3occc32)cc1. The fraction of sp³-hybridized carbons (Fsp3) is 0.269. The Kier molecular flexibility index (Phi) is 5.79. The van der Waals surface area contributed by atoms with Crippen LogP contribution in [-0.4, -0.2) is 41.7 Å². The molecular weight excluding hydrogens is 402 g/mol. The zero-order valence-corrected chi connectivity index (χ0v) is 18.2. The Morgan fingerprint density at radius 2 is 1.78 bits per heavy atom. The molecule has 1 aliphatic rings. The van der Waals surface area contributed by atoms with Crippen molar-refractivity contribution in [2.75, 3.05) is 31.6 Å². The van der Waals surface area contributed by atoms with Gasteiger partial charge in [0.05, 0.1) is 25.0 Å². The number of amides is 1. The van der Waals surface area contributed by atoms with Crippen LogP contribution in [0, 0.1) is 6.92 Å². The zero-order chi connectivity index (χ0) is 21.9. The summed E-state index contributed by atoms with van der Waals surface area (Å²) in [4.78, 5) is 15.6. The molecule has 1 N–H and O–H groups in total.